The number of hydrogen-bond acceptors (Lipinski definition) is 6. The van der Waals surface area contributed by atoms with E-state index in [1.165, 1.54) is 17.0 Å². The number of ether oxygens (including phenoxy) is 1. The summed E-state index contributed by atoms with van der Waals surface area (Å²) in [5.41, 5.74) is 2.32. The molecule has 0 saturated heterocycles. The molecule has 0 spiro atoms. The average Bonchev–Trinajstić information content (AvgIpc) is 3.01. The van der Waals surface area contributed by atoms with Gasteiger partial charge in [0.05, 0.1) is 18.4 Å². The molecular weight excluding hydrogens is 425 g/mol. The first-order valence-electron chi connectivity index (χ1n) is 9.49. The van der Waals surface area contributed by atoms with Gasteiger partial charge >= 0.3 is 0 Å². The summed E-state index contributed by atoms with van der Waals surface area (Å²) in [5.74, 6) is 0.477. The Morgan fingerprint density at radius 3 is 2.48 bits per heavy atom. The third-order valence-electron chi connectivity index (χ3n) is 4.57. The number of benzene rings is 2. The molecule has 0 unspecified atom stereocenters. The number of aromatic nitrogens is 2. The lowest BCUT2D eigenvalue weighted by molar-refractivity contribution is 0.0827. The van der Waals surface area contributed by atoms with Gasteiger partial charge in [-0.05, 0) is 36.8 Å². The monoisotopic (exact) mass is 449 g/mol. The van der Waals surface area contributed by atoms with Crippen molar-refractivity contribution in [2.75, 3.05) is 27.0 Å². The summed E-state index contributed by atoms with van der Waals surface area (Å²) < 4.78 is 48.4. The number of amides is 1. The predicted molar refractivity (Wildman–Crippen MR) is 114 cm³/mol. The molecule has 0 radical (unpaired) electrons. The van der Waals surface area contributed by atoms with Crippen molar-refractivity contribution in [1.29, 1.82) is 0 Å². The Kier molecular flexibility index (Phi) is 6.61. The number of nitrogens with zero attached hydrogens (tertiary/aromatic N) is 3. The molecular formula is C21H24FN3O5S. The maximum Gasteiger partial charge on any atom is 0.264 e. The van der Waals surface area contributed by atoms with Crippen LogP contribution in [0.2, 0.25) is 0 Å². The quantitative estimate of drug-likeness (QED) is 0.491. The van der Waals surface area contributed by atoms with Gasteiger partial charge in [-0.1, -0.05) is 12.1 Å². The minimum absolute atomic E-state index is 0.0685. The molecule has 8 nitrogen and oxygen atoms in total. The fourth-order valence-corrected chi connectivity index (χ4v) is 3.51. The van der Waals surface area contributed by atoms with E-state index in [1.807, 2.05) is 0 Å². The van der Waals surface area contributed by atoms with E-state index in [1.54, 1.807) is 49.9 Å². The second-order valence-corrected chi connectivity index (χ2v) is 8.94. The van der Waals surface area contributed by atoms with Gasteiger partial charge < -0.3 is 14.2 Å². The molecule has 2 aromatic carbocycles. The fraction of sp³-hybridized carbons (Fsp3) is 0.333. The zero-order valence-electron chi connectivity index (χ0n) is 17.8. The van der Waals surface area contributed by atoms with Gasteiger partial charge in [-0.25, -0.2) is 9.37 Å². The molecule has 0 aliphatic rings. The molecule has 10 heteroatoms. The molecule has 0 saturated carbocycles. The second kappa shape index (κ2) is 9.03. The lowest BCUT2D eigenvalue weighted by Gasteiger charge is -2.15. The summed E-state index contributed by atoms with van der Waals surface area (Å²) in [6.07, 6.45) is 0.988. The molecule has 0 aliphatic heterocycles. The summed E-state index contributed by atoms with van der Waals surface area (Å²) in [5, 5.41) is 0. The molecule has 1 heterocycles. The minimum Gasteiger partial charge on any atom is -0.487 e. The third-order valence-corrected chi connectivity index (χ3v) is 5.17. The number of fused-ring (bicyclic) bond motifs is 1. The van der Waals surface area contributed by atoms with E-state index in [-0.39, 0.29) is 31.5 Å². The SMILES string of the molecule is Cc1nc2cc(C(=O)N(C)C)cc(OCc3ccc(F)cc3)c2n1CCOS(C)(=O)=O. The molecule has 0 bridgehead atoms. The van der Waals surface area contributed by atoms with Gasteiger partial charge in [0, 0.05) is 26.2 Å². The summed E-state index contributed by atoms with van der Waals surface area (Å²) in [6.45, 7) is 2.08. The van der Waals surface area contributed by atoms with Crippen molar-refractivity contribution >= 4 is 27.1 Å². The molecule has 0 fully saturated rings. The van der Waals surface area contributed by atoms with Gasteiger partial charge in [0.15, 0.2) is 0 Å². The van der Waals surface area contributed by atoms with Crippen LogP contribution >= 0.6 is 0 Å². The molecule has 0 aliphatic carbocycles. The van der Waals surface area contributed by atoms with Crippen molar-refractivity contribution in [3.05, 3.63) is 59.2 Å². The van der Waals surface area contributed by atoms with Crippen LogP contribution in [0.4, 0.5) is 4.39 Å². The van der Waals surface area contributed by atoms with Gasteiger partial charge in [-0.2, -0.15) is 8.42 Å². The van der Waals surface area contributed by atoms with Crippen LogP contribution in [0.25, 0.3) is 11.0 Å². The molecule has 3 rings (SSSR count). The first-order chi connectivity index (χ1) is 14.5. The first kappa shape index (κ1) is 22.7. The van der Waals surface area contributed by atoms with Gasteiger partial charge in [0.2, 0.25) is 0 Å². The number of rotatable bonds is 8. The summed E-state index contributed by atoms with van der Waals surface area (Å²) >= 11 is 0. The molecule has 1 aromatic heterocycles. The van der Waals surface area contributed by atoms with Crippen molar-refractivity contribution < 1.29 is 26.5 Å². The lowest BCUT2D eigenvalue weighted by atomic mass is 10.1. The van der Waals surface area contributed by atoms with Crippen molar-refractivity contribution in [1.82, 2.24) is 14.5 Å². The molecule has 0 N–H and O–H groups in total. The number of aryl methyl sites for hydroxylation is 1. The number of halogens is 1. The van der Waals surface area contributed by atoms with E-state index in [0.717, 1.165) is 11.8 Å². The first-order valence-corrected chi connectivity index (χ1v) is 11.3. The fourth-order valence-electron chi connectivity index (χ4n) is 3.13. The Balaban J connectivity index is 2.01. The van der Waals surface area contributed by atoms with E-state index < -0.39 is 10.1 Å². The lowest BCUT2D eigenvalue weighted by Crippen LogP contribution is -2.21. The molecule has 3 aromatic rings. The Bertz CT molecular complexity index is 1200. The van der Waals surface area contributed by atoms with Crippen LogP contribution in [0.5, 0.6) is 5.75 Å². The van der Waals surface area contributed by atoms with Crippen LogP contribution in [0.1, 0.15) is 21.7 Å². The van der Waals surface area contributed by atoms with Crippen molar-refractivity contribution in [3.63, 3.8) is 0 Å². The molecule has 0 atom stereocenters. The normalized spacial score (nSPS) is 11.6. The van der Waals surface area contributed by atoms with E-state index in [2.05, 4.69) is 4.98 Å². The summed E-state index contributed by atoms with van der Waals surface area (Å²) in [6, 6.07) is 9.22. The van der Waals surface area contributed by atoms with Crippen LogP contribution in [0.15, 0.2) is 36.4 Å². The Hall–Kier alpha value is -2.98. The average molecular weight is 450 g/mol. The van der Waals surface area contributed by atoms with Crippen molar-refractivity contribution in [2.24, 2.45) is 0 Å². The van der Waals surface area contributed by atoms with Crippen LogP contribution in [0.3, 0.4) is 0 Å². The van der Waals surface area contributed by atoms with E-state index in [4.69, 9.17) is 8.92 Å². The van der Waals surface area contributed by atoms with E-state index in [0.29, 0.717) is 28.2 Å². The summed E-state index contributed by atoms with van der Waals surface area (Å²) in [7, 11) is -0.275. The summed E-state index contributed by atoms with van der Waals surface area (Å²) in [4.78, 5) is 18.5. The van der Waals surface area contributed by atoms with Gasteiger partial charge in [0.1, 0.15) is 29.5 Å². The standard InChI is InChI=1S/C21H24FN3O5S/c1-14-23-18-11-16(21(26)24(2)3)12-19(29-13-15-5-7-17(22)8-6-15)20(18)25(14)9-10-30-31(4,27)28/h5-8,11-12H,9-10,13H2,1-4H3. The van der Waals surface area contributed by atoms with E-state index in [9.17, 15) is 17.6 Å². The topological polar surface area (TPSA) is 90.7 Å². The molecule has 31 heavy (non-hydrogen) atoms. The highest BCUT2D eigenvalue weighted by molar-refractivity contribution is 7.85. The Morgan fingerprint density at radius 2 is 1.87 bits per heavy atom. The number of hydrogen-bond donors (Lipinski definition) is 0. The maximum absolute atomic E-state index is 13.2. The van der Waals surface area contributed by atoms with Gasteiger partial charge in [0.25, 0.3) is 16.0 Å². The predicted octanol–water partition coefficient (Wildman–Crippen LogP) is 2.74. The van der Waals surface area contributed by atoms with Gasteiger partial charge in [-0.15, -0.1) is 0 Å². The Morgan fingerprint density at radius 1 is 1.19 bits per heavy atom. The second-order valence-electron chi connectivity index (χ2n) is 7.29. The molecule has 1 amide bonds. The van der Waals surface area contributed by atoms with Crippen LogP contribution < -0.4 is 4.74 Å². The van der Waals surface area contributed by atoms with Crippen molar-refractivity contribution in [3.8, 4) is 5.75 Å². The van der Waals surface area contributed by atoms with Crippen LogP contribution in [-0.2, 0) is 27.5 Å². The Labute approximate surface area is 180 Å². The van der Waals surface area contributed by atoms with E-state index >= 15 is 0 Å². The smallest absolute Gasteiger partial charge is 0.264 e. The van der Waals surface area contributed by atoms with Crippen LogP contribution in [0, 0.1) is 12.7 Å². The third kappa shape index (κ3) is 5.59. The van der Waals surface area contributed by atoms with Gasteiger partial charge in [-0.3, -0.25) is 8.98 Å². The van der Waals surface area contributed by atoms with Crippen molar-refractivity contribution in [2.45, 2.75) is 20.1 Å². The number of imidazole rings is 1. The molecule has 166 valence electrons. The maximum atomic E-state index is 13.2. The highest BCUT2D eigenvalue weighted by Crippen LogP contribution is 2.30. The largest absolute Gasteiger partial charge is 0.487 e. The highest BCUT2D eigenvalue weighted by atomic mass is 32.2. The number of carbonyl (C=O) groups is 1. The zero-order chi connectivity index (χ0) is 22.8. The zero-order valence-corrected chi connectivity index (χ0v) is 18.6. The number of carbonyl (C=O) groups excluding carboxylic acids is 1. The minimum atomic E-state index is -3.58. The van der Waals surface area contributed by atoms with Crippen LogP contribution in [-0.4, -0.2) is 55.7 Å². The highest BCUT2D eigenvalue weighted by Gasteiger charge is 2.19.